The highest BCUT2D eigenvalue weighted by Crippen LogP contribution is 2.21. The molecule has 0 atom stereocenters. The summed E-state index contributed by atoms with van der Waals surface area (Å²) in [6.07, 6.45) is 0. The molecule has 0 aliphatic heterocycles. The molecule has 0 saturated carbocycles. The molecular formula is C12H15Cl2N3OS. The van der Waals surface area contributed by atoms with E-state index in [-0.39, 0.29) is 0 Å². The third-order valence-electron chi connectivity index (χ3n) is 2.24. The zero-order chi connectivity index (χ0) is 14.3. The van der Waals surface area contributed by atoms with Crippen LogP contribution in [0.5, 0.6) is 0 Å². The standard InChI is InChI=1S/C12H15Cl2N3OS/c1-8(10-4-3-9(13)7-11(10)14)16-17-12(19)15-5-6-18-2/h3-4,7H,5-6H2,1-2H3,(H2,15,17,19)/b16-8+. The van der Waals surface area contributed by atoms with Gasteiger partial charge in [-0.25, -0.2) is 0 Å². The fourth-order valence-corrected chi connectivity index (χ4v) is 1.98. The van der Waals surface area contributed by atoms with Gasteiger partial charge in [0.25, 0.3) is 0 Å². The van der Waals surface area contributed by atoms with E-state index in [1.54, 1.807) is 19.2 Å². The number of nitrogens with zero attached hydrogens (tertiary/aromatic N) is 1. The van der Waals surface area contributed by atoms with E-state index in [0.29, 0.717) is 28.3 Å². The number of thiocarbonyl (C=S) groups is 1. The average Bonchev–Trinajstić information content (AvgIpc) is 2.36. The summed E-state index contributed by atoms with van der Waals surface area (Å²) in [5.41, 5.74) is 4.27. The highest BCUT2D eigenvalue weighted by molar-refractivity contribution is 7.80. The number of hydrogen-bond acceptors (Lipinski definition) is 3. The minimum absolute atomic E-state index is 0.432. The van der Waals surface area contributed by atoms with Crippen LogP contribution in [0.25, 0.3) is 0 Å². The van der Waals surface area contributed by atoms with E-state index in [1.165, 1.54) is 0 Å². The predicted molar refractivity (Wildman–Crippen MR) is 84.3 cm³/mol. The lowest BCUT2D eigenvalue weighted by Crippen LogP contribution is -2.34. The quantitative estimate of drug-likeness (QED) is 0.379. The summed E-state index contributed by atoms with van der Waals surface area (Å²) in [7, 11) is 1.63. The molecule has 2 N–H and O–H groups in total. The van der Waals surface area contributed by atoms with E-state index in [1.807, 2.05) is 13.0 Å². The van der Waals surface area contributed by atoms with Gasteiger partial charge >= 0.3 is 0 Å². The van der Waals surface area contributed by atoms with Gasteiger partial charge in [-0.2, -0.15) is 5.10 Å². The van der Waals surface area contributed by atoms with Gasteiger partial charge in [-0.1, -0.05) is 29.3 Å². The van der Waals surface area contributed by atoms with E-state index in [4.69, 9.17) is 40.2 Å². The second kappa shape index (κ2) is 8.32. The fraction of sp³-hybridized carbons (Fsp3) is 0.333. The topological polar surface area (TPSA) is 45.6 Å². The number of rotatable bonds is 5. The first kappa shape index (κ1) is 16.2. The van der Waals surface area contributed by atoms with E-state index >= 15 is 0 Å². The second-order valence-electron chi connectivity index (χ2n) is 3.68. The molecule has 0 spiro atoms. The maximum absolute atomic E-state index is 6.08. The summed E-state index contributed by atoms with van der Waals surface area (Å²) in [5.74, 6) is 0. The summed E-state index contributed by atoms with van der Waals surface area (Å²) < 4.78 is 4.90. The number of benzene rings is 1. The van der Waals surface area contributed by atoms with Crippen molar-refractivity contribution in [3.8, 4) is 0 Å². The number of halogens is 2. The molecule has 4 nitrogen and oxygen atoms in total. The summed E-state index contributed by atoms with van der Waals surface area (Å²) in [5, 5.41) is 8.68. The summed E-state index contributed by atoms with van der Waals surface area (Å²) in [6.45, 7) is 3.03. The van der Waals surface area contributed by atoms with E-state index in [0.717, 1.165) is 11.3 Å². The van der Waals surface area contributed by atoms with Crippen molar-refractivity contribution >= 4 is 46.2 Å². The van der Waals surface area contributed by atoms with Gasteiger partial charge in [-0.05, 0) is 31.3 Å². The highest BCUT2D eigenvalue weighted by atomic mass is 35.5. The molecule has 0 heterocycles. The van der Waals surface area contributed by atoms with Crippen LogP contribution in [-0.2, 0) is 4.74 Å². The van der Waals surface area contributed by atoms with Crippen LogP contribution in [-0.4, -0.2) is 31.1 Å². The van der Waals surface area contributed by atoms with Gasteiger partial charge in [0.15, 0.2) is 5.11 Å². The van der Waals surface area contributed by atoms with Gasteiger partial charge in [0.05, 0.1) is 17.3 Å². The molecule has 0 aliphatic carbocycles. The van der Waals surface area contributed by atoms with Crippen LogP contribution in [0, 0.1) is 0 Å². The van der Waals surface area contributed by atoms with Crippen LogP contribution in [0.1, 0.15) is 12.5 Å². The molecule has 0 amide bonds. The van der Waals surface area contributed by atoms with Crippen molar-refractivity contribution in [3.05, 3.63) is 33.8 Å². The molecule has 0 bridgehead atoms. The van der Waals surface area contributed by atoms with Crippen molar-refractivity contribution in [3.63, 3.8) is 0 Å². The van der Waals surface area contributed by atoms with Gasteiger partial charge in [-0.3, -0.25) is 5.43 Å². The third kappa shape index (κ3) is 5.74. The van der Waals surface area contributed by atoms with Crippen LogP contribution in [0.2, 0.25) is 10.0 Å². The van der Waals surface area contributed by atoms with E-state index < -0.39 is 0 Å². The Labute approximate surface area is 128 Å². The van der Waals surface area contributed by atoms with Crippen molar-refractivity contribution in [2.75, 3.05) is 20.3 Å². The SMILES string of the molecule is COCCNC(=S)N/N=C(\C)c1ccc(Cl)cc1Cl. The monoisotopic (exact) mass is 319 g/mol. The van der Waals surface area contributed by atoms with Crippen LogP contribution >= 0.6 is 35.4 Å². The zero-order valence-corrected chi connectivity index (χ0v) is 13.0. The minimum atomic E-state index is 0.432. The Bertz CT molecular complexity index is 480. The van der Waals surface area contributed by atoms with Crippen molar-refractivity contribution in [2.24, 2.45) is 5.10 Å². The number of methoxy groups -OCH3 is 1. The van der Waals surface area contributed by atoms with Crippen molar-refractivity contribution < 1.29 is 4.74 Å². The third-order valence-corrected chi connectivity index (χ3v) is 3.02. The Morgan fingerprint density at radius 2 is 2.16 bits per heavy atom. The Morgan fingerprint density at radius 3 is 2.79 bits per heavy atom. The number of hydrogen-bond donors (Lipinski definition) is 2. The molecule has 19 heavy (non-hydrogen) atoms. The molecule has 0 aliphatic rings. The number of nitrogens with one attached hydrogen (secondary N) is 2. The normalized spacial score (nSPS) is 11.3. The number of hydrazone groups is 1. The molecule has 7 heteroatoms. The minimum Gasteiger partial charge on any atom is -0.383 e. The van der Waals surface area contributed by atoms with Crippen LogP contribution in [0.15, 0.2) is 23.3 Å². The first-order chi connectivity index (χ1) is 9.04. The predicted octanol–water partition coefficient (Wildman–Crippen LogP) is 2.83. The Hall–Kier alpha value is -0.880. The molecule has 0 radical (unpaired) electrons. The molecule has 0 saturated heterocycles. The largest absolute Gasteiger partial charge is 0.383 e. The highest BCUT2D eigenvalue weighted by Gasteiger charge is 2.04. The maximum atomic E-state index is 6.08. The van der Waals surface area contributed by atoms with E-state index in [2.05, 4.69) is 15.8 Å². The first-order valence-corrected chi connectivity index (χ1v) is 6.73. The fourth-order valence-electron chi connectivity index (χ4n) is 1.28. The molecule has 1 rings (SSSR count). The first-order valence-electron chi connectivity index (χ1n) is 5.57. The Balaban J connectivity index is 2.59. The lowest BCUT2D eigenvalue weighted by molar-refractivity contribution is 0.204. The summed E-state index contributed by atoms with van der Waals surface area (Å²) in [4.78, 5) is 0. The summed E-state index contributed by atoms with van der Waals surface area (Å²) in [6, 6.07) is 5.25. The van der Waals surface area contributed by atoms with Gasteiger partial charge in [0.2, 0.25) is 0 Å². The molecule has 1 aromatic carbocycles. The van der Waals surface area contributed by atoms with Crippen LogP contribution in [0.3, 0.4) is 0 Å². The molecule has 0 aromatic heterocycles. The van der Waals surface area contributed by atoms with Crippen LogP contribution in [0.4, 0.5) is 0 Å². The molecule has 1 aromatic rings. The molecular weight excluding hydrogens is 305 g/mol. The van der Waals surface area contributed by atoms with Gasteiger partial charge in [-0.15, -0.1) is 0 Å². The van der Waals surface area contributed by atoms with Crippen molar-refractivity contribution in [1.29, 1.82) is 0 Å². The van der Waals surface area contributed by atoms with E-state index in [9.17, 15) is 0 Å². The van der Waals surface area contributed by atoms with Gasteiger partial charge < -0.3 is 10.1 Å². The zero-order valence-electron chi connectivity index (χ0n) is 10.7. The van der Waals surface area contributed by atoms with Gasteiger partial charge in [0.1, 0.15) is 0 Å². The second-order valence-corrected chi connectivity index (χ2v) is 4.93. The maximum Gasteiger partial charge on any atom is 0.187 e. The molecule has 0 unspecified atom stereocenters. The lowest BCUT2D eigenvalue weighted by atomic mass is 10.1. The Morgan fingerprint density at radius 1 is 1.42 bits per heavy atom. The van der Waals surface area contributed by atoms with Crippen LogP contribution < -0.4 is 10.7 Å². The average molecular weight is 320 g/mol. The smallest absolute Gasteiger partial charge is 0.187 e. The molecule has 104 valence electrons. The Kier molecular flexibility index (Phi) is 7.09. The molecule has 0 fully saturated rings. The number of ether oxygens (including phenoxy) is 1. The van der Waals surface area contributed by atoms with Crippen molar-refractivity contribution in [2.45, 2.75) is 6.92 Å². The van der Waals surface area contributed by atoms with Crippen molar-refractivity contribution in [1.82, 2.24) is 10.7 Å². The lowest BCUT2D eigenvalue weighted by Gasteiger charge is -2.08. The van der Waals surface area contributed by atoms with Gasteiger partial charge in [0, 0.05) is 24.2 Å². The summed E-state index contributed by atoms with van der Waals surface area (Å²) >= 11 is 17.0.